The monoisotopic (exact) mass is 243 g/mol. The fourth-order valence-electron chi connectivity index (χ4n) is 1.34. The van der Waals surface area contributed by atoms with Crippen molar-refractivity contribution in [1.29, 1.82) is 0 Å². The first-order chi connectivity index (χ1) is 8.84. The average Bonchev–Trinajstić information content (AvgIpc) is 2.41. The highest BCUT2D eigenvalue weighted by Crippen LogP contribution is 2.09. The van der Waals surface area contributed by atoms with Crippen LogP contribution >= 0.6 is 0 Å². The summed E-state index contributed by atoms with van der Waals surface area (Å²) in [6.07, 6.45) is 1.82. The number of aromatic nitrogens is 1. The number of carbonyl (C=O) groups is 1. The molecule has 0 fully saturated rings. The molecule has 18 heavy (non-hydrogen) atoms. The van der Waals surface area contributed by atoms with E-state index in [0.717, 1.165) is 0 Å². The number of nitrogens with zero attached hydrogens (tertiary/aromatic N) is 1. The summed E-state index contributed by atoms with van der Waals surface area (Å²) >= 11 is 0. The van der Waals surface area contributed by atoms with Gasteiger partial charge in [0.05, 0.1) is 6.42 Å². The molecule has 0 radical (unpaired) electrons. The number of benzene rings is 1. The molecule has 0 saturated heterocycles. The molecule has 0 aliphatic heterocycles. The molecule has 4 nitrogen and oxygen atoms in total. The van der Waals surface area contributed by atoms with Gasteiger partial charge >= 0.3 is 5.97 Å². The van der Waals surface area contributed by atoms with E-state index in [9.17, 15) is 4.79 Å². The van der Waals surface area contributed by atoms with E-state index >= 15 is 0 Å². The summed E-state index contributed by atoms with van der Waals surface area (Å²) in [7, 11) is 0. The zero-order chi connectivity index (χ0) is 12.6. The molecule has 1 heterocycles. The van der Waals surface area contributed by atoms with E-state index in [4.69, 9.17) is 9.47 Å². The molecule has 0 atom stereocenters. The van der Waals surface area contributed by atoms with Gasteiger partial charge in [-0.05, 0) is 18.2 Å². The Bertz CT molecular complexity index is 485. The van der Waals surface area contributed by atoms with Crippen molar-refractivity contribution in [3.63, 3.8) is 0 Å². The van der Waals surface area contributed by atoms with Crippen LogP contribution in [0.3, 0.4) is 0 Å². The van der Waals surface area contributed by atoms with Crippen molar-refractivity contribution in [3.8, 4) is 11.6 Å². The summed E-state index contributed by atoms with van der Waals surface area (Å²) < 4.78 is 10.4. The highest BCUT2D eigenvalue weighted by molar-refractivity contribution is 5.72. The topological polar surface area (TPSA) is 48.4 Å². The third kappa shape index (κ3) is 3.90. The molecule has 0 bridgehead atoms. The lowest BCUT2D eigenvalue weighted by Crippen LogP contribution is -2.12. The lowest BCUT2D eigenvalue weighted by Gasteiger charge is -2.05. The van der Waals surface area contributed by atoms with Crippen molar-refractivity contribution in [2.75, 3.05) is 6.61 Å². The molecule has 2 aromatic rings. The van der Waals surface area contributed by atoms with Gasteiger partial charge in [-0.2, -0.15) is 0 Å². The van der Waals surface area contributed by atoms with Crippen molar-refractivity contribution in [2.45, 2.75) is 6.42 Å². The van der Waals surface area contributed by atoms with Crippen LogP contribution < -0.4 is 9.47 Å². The maximum atomic E-state index is 11.5. The van der Waals surface area contributed by atoms with Crippen molar-refractivity contribution in [1.82, 2.24) is 4.98 Å². The van der Waals surface area contributed by atoms with Crippen molar-refractivity contribution >= 4 is 5.97 Å². The maximum absolute atomic E-state index is 11.5. The number of rotatable bonds is 5. The van der Waals surface area contributed by atoms with Gasteiger partial charge in [-0.25, -0.2) is 4.98 Å². The Balaban J connectivity index is 1.73. The average molecular weight is 243 g/mol. The van der Waals surface area contributed by atoms with Crippen LogP contribution in [-0.4, -0.2) is 17.6 Å². The number of pyridine rings is 1. The number of para-hydroxylation sites is 1. The predicted octanol–water partition coefficient (Wildman–Crippen LogP) is 2.46. The molecule has 0 saturated carbocycles. The summed E-state index contributed by atoms with van der Waals surface area (Å²) in [5.41, 5.74) is 0. The Morgan fingerprint density at radius 1 is 1.06 bits per heavy atom. The quantitative estimate of drug-likeness (QED) is 0.598. The summed E-state index contributed by atoms with van der Waals surface area (Å²) in [5.74, 6) is 0.725. The molecule has 0 amide bonds. The van der Waals surface area contributed by atoms with Crippen LogP contribution in [0, 0.1) is 0 Å². The summed E-state index contributed by atoms with van der Waals surface area (Å²) in [5, 5.41) is 0. The number of ether oxygens (including phenoxy) is 2. The third-order valence-electron chi connectivity index (χ3n) is 2.17. The summed E-state index contributed by atoms with van der Waals surface area (Å²) in [6.45, 7) is 0.253. The zero-order valence-corrected chi connectivity index (χ0v) is 9.78. The van der Waals surface area contributed by atoms with Crippen molar-refractivity contribution in [2.24, 2.45) is 0 Å². The normalized spacial score (nSPS) is 9.78. The number of hydrogen-bond donors (Lipinski definition) is 0. The lowest BCUT2D eigenvalue weighted by atomic mass is 10.3. The van der Waals surface area contributed by atoms with Gasteiger partial charge in [0.1, 0.15) is 12.4 Å². The van der Waals surface area contributed by atoms with E-state index in [1.54, 1.807) is 30.5 Å². The molecule has 0 aliphatic rings. The molecule has 1 aromatic heterocycles. The predicted molar refractivity (Wildman–Crippen MR) is 66.4 cm³/mol. The first-order valence-electron chi connectivity index (χ1n) is 5.64. The van der Waals surface area contributed by atoms with Gasteiger partial charge in [0, 0.05) is 12.3 Å². The molecular weight excluding hydrogens is 230 g/mol. The van der Waals surface area contributed by atoms with E-state index in [1.165, 1.54) is 0 Å². The minimum Gasteiger partial charge on any atom is -0.477 e. The largest absolute Gasteiger partial charge is 0.477 e. The summed E-state index contributed by atoms with van der Waals surface area (Å²) in [6, 6.07) is 14.3. The second-order valence-corrected chi connectivity index (χ2v) is 3.55. The Morgan fingerprint density at radius 2 is 1.83 bits per heavy atom. The number of hydrogen-bond acceptors (Lipinski definition) is 4. The highest BCUT2D eigenvalue weighted by atomic mass is 16.5. The van der Waals surface area contributed by atoms with Gasteiger partial charge in [0.2, 0.25) is 5.88 Å². The Hall–Kier alpha value is -2.36. The smallest absolute Gasteiger partial charge is 0.314 e. The second-order valence-electron chi connectivity index (χ2n) is 3.55. The molecule has 0 spiro atoms. The van der Waals surface area contributed by atoms with Crippen LogP contribution in [0.2, 0.25) is 0 Å². The highest BCUT2D eigenvalue weighted by Gasteiger charge is 2.05. The molecular formula is C14H13NO3. The molecule has 4 heteroatoms. The molecule has 0 aliphatic carbocycles. The first-order valence-corrected chi connectivity index (χ1v) is 5.64. The van der Waals surface area contributed by atoms with Gasteiger partial charge < -0.3 is 9.47 Å². The molecule has 2 rings (SSSR count). The van der Waals surface area contributed by atoms with E-state index < -0.39 is 0 Å². The lowest BCUT2D eigenvalue weighted by molar-refractivity contribution is -0.134. The summed E-state index contributed by atoms with van der Waals surface area (Å²) in [4.78, 5) is 15.5. The Kier molecular flexibility index (Phi) is 4.30. The second kappa shape index (κ2) is 6.39. The van der Waals surface area contributed by atoms with E-state index in [-0.39, 0.29) is 19.0 Å². The van der Waals surface area contributed by atoms with E-state index in [1.807, 2.05) is 24.3 Å². The molecule has 92 valence electrons. The van der Waals surface area contributed by atoms with Crippen LogP contribution in [0.5, 0.6) is 11.6 Å². The standard InChI is InChI=1S/C14H13NO3/c16-14(18-12-6-2-1-3-7-12)9-11-17-13-8-4-5-10-15-13/h1-8,10H,9,11H2. The van der Waals surface area contributed by atoms with Gasteiger partial charge in [-0.1, -0.05) is 24.3 Å². The Labute approximate surface area is 105 Å². The van der Waals surface area contributed by atoms with Gasteiger partial charge in [0.25, 0.3) is 0 Å². The van der Waals surface area contributed by atoms with Crippen LogP contribution in [0.15, 0.2) is 54.7 Å². The first kappa shape index (κ1) is 12.1. The molecule has 1 aromatic carbocycles. The SMILES string of the molecule is O=C(CCOc1ccccn1)Oc1ccccc1. The number of carbonyl (C=O) groups excluding carboxylic acids is 1. The van der Waals surface area contributed by atoms with Crippen LogP contribution in [0.4, 0.5) is 0 Å². The van der Waals surface area contributed by atoms with Crippen molar-refractivity contribution in [3.05, 3.63) is 54.7 Å². The van der Waals surface area contributed by atoms with Crippen LogP contribution in [0.25, 0.3) is 0 Å². The fraction of sp³-hybridized carbons (Fsp3) is 0.143. The van der Waals surface area contributed by atoms with E-state index in [2.05, 4.69) is 4.98 Å². The van der Waals surface area contributed by atoms with Gasteiger partial charge in [-0.3, -0.25) is 4.79 Å². The maximum Gasteiger partial charge on any atom is 0.314 e. The molecule has 0 unspecified atom stereocenters. The minimum atomic E-state index is -0.322. The van der Waals surface area contributed by atoms with Gasteiger partial charge in [0.15, 0.2) is 0 Å². The third-order valence-corrected chi connectivity index (χ3v) is 2.17. The van der Waals surface area contributed by atoms with E-state index in [0.29, 0.717) is 11.6 Å². The fourth-order valence-corrected chi connectivity index (χ4v) is 1.34. The molecule has 0 N–H and O–H groups in total. The van der Waals surface area contributed by atoms with Crippen molar-refractivity contribution < 1.29 is 14.3 Å². The zero-order valence-electron chi connectivity index (χ0n) is 9.78. The number of esters is 1. The van der Waals surface area contributed by atoms with Crippen LogP contribution in [-0.2, 0) is 4.79 Å². The van der Waals surface area contributed by atoms with Crippen LogP contribution in [0.1, 0.15) is 6.42 Å². The Morgan fingerprint density at radius 3 is 2.56 bits per heavy atom. The van der Waals surface area contributed by atoms with Gasteiger partial charge in [-0.15, -0.1) is 0 Å². The minimum absolute atomic E-state index is 0.186.